The molecule has 1 rings (SSSR count). The predicted octanol–water partition coefficient (Wildman–Crippen LogP) is 2.66. The lowest BCUT2D eigenvalue weighted by Crippen LogP contribution is -2.33. The molecular weight excluding hydrogens is 265 g/mol. The van der Waals surface area contributed by atoms with Crippen LogP contribution in [-0.2, 0) is 4.74 Å². The zero-order valence-electron chi connectivity index (χ0n) is 8.89. The number of alkyl halides is 3. The first kappa shape index (κ1) is 14.7. The van der Waals surface area contributed by atoms with Crippen molar-refractivity contribution in [3.05, 3.63) is 24.3 Å². The van der Waals surface area contributed by atoms with E-state index < -0.39 is 32.0 Å². The summed E-state index contributed by atoms with van der Waals surface area (Å²) < 4.78 is 80.5. The van der Waals surface area contributed by atoms with E-state index in [4.69, 9.17) is 0 Å². The topological polar surface area (TPSA) is 18.5 Å². The van der Waals surface area contributed by atoms with E-state index in [1.54, 1.807) is 0 Å². The van der Waals surface area contributed by atoms with Crippen LogP contribution < -0.4 is 10.2 Å². The Labute approximate surface area is 98.6 Å². The van der Waals surface area contributed by atoms with Crippen LogP contribution in [0.4, 0.5) is 26.1 Å². The second-order valence-corrected chi connectivity index (χ2v) is 3.37. The van der Waals surface area contributed by atoms with Crippen LogP contribution in [0.2, 0.25) is 0 Å². The van der Waals surface area contributed by atoms with E-state index in [2.05, 4.69) is 9.47 Å². The van der Waals surface area contributed by atoms with Gasteiger partial charge in [-0.25, -0.2) is 0 Å². The third-order valence-corrected chi connectivity index (χ3v) is 1.83. The fourth-order valence-corrected chi connectivity index (χ4v) is 1.05. The van der Waals surface area contributed by atoms with E-state index in [1.807, 2.05) is 0 Å². The Kier molecular flexibility index (Phi) is 4.50. The maximum Gasteiger partial charge on any atom is 0.509 e. The van der Waals surface area contributed by atoms with Crippen LogP contribution in [0.5, 0.6) is 5.75 Å². The monoisotopic (exact) mass is 273 g/mol. The van der Waals surface area contributed by atoms with Gasteiger partial charge < -0.3 is 22.4 Å². The molecule has 1 aromatic rings. The van der Waals surface area contributed by atoms with Crippen molar-refractivity contribution in [2.24, 2.45) is 0 Å². The van der Waals surface area contributed by atoms with E-state index >= 15 is 0 Å². The summed E-state index contributed by atoms with van der Waals surface area (Å²) in [6.45, 7) is -7.25. The number of ether oxygens (including phenoxy) is 2. The number of benzene rings is 1. The van der Waals surface area contributed by atoms with Gasteiger partial charge in [0.05, 0.1) is 0 Å². The van der Waals surface area contributed by atoms with Gasteiger partial charge in [0.1, 0.15) is 12.4 Å². The summed E-state index contributed by atoms with van der Waals surface area (Å²) in [6.07, 6.45) is -4.47. The normalized spacial score (nSPS) is 12.6. The summed E-state index contributed by atoms with van der Waals surface area (Å²) in [7, 11) is 0. The van der Waals surface area contributed by atoms with Gasteiger partial charge in [0.25, 0.3) is 0 Å². The summed E-state index contributed by atoms with van der Waals surface area (Å²) in [5.41, 5.74) is -0.807. The van der Waals surface area contributed by atoms with Crippen molar-refractivity contribution in [3.63, 3.8) is 0 Å². The average Bonchev–Trinajstić information content (AvgIpc) is 2.22. The Hall–Kier alpha value is -1.38. The largest absolute Gasteiger partial charge is 0.509 e. The molecule has 1 aromatic carbocycles. The fourth-order valence-electron chi connectivity index (χ4n) is 1.05. The lowest BCUT2D eigenvalue weighted by Gasteiger charge is -2.15. The van der Waals surface area contributed by atoms with E-state index in [0.717, 1.165) is 24.3 Å². The van der Waals surface area contributed by atoms with Crippen molar-refractivity contribution in [2.75, 3.05) is 13.4 Å². The highest BCUT2D eigenvalue weighted by Gasteiger charge is 2.27. The van der Waals surface area contributed by atoms with Gasteiger partial charge in [-0.15, -0.1) is 5.46 Å². The molecule has 0 atom stereocenters. The smallest absolute Gasteiger partial charge is 0.468 e. The minimum absolute atomic E-state index is 0.000902. The molecule has 0 radical (unpaired) electrons. The summed E-state index contributed by atoms with van der Waals surface area (Å²) >= 11 is 0. The third kappa shape index (κ3) is 5.30. The second kappa shape index (κ2) is 5.51. The van der Waals surface area contributed by atoms with E-state index in [0.29, 0.717) is 0 Å². The predicted molar refractivity (Wildman–Crippen MR) is 52.7 cm³/mol. The Morgan fingerprint density at radius 3 is 2.00 bits per heavy atom. The summed E-state index contributed by atoms with van der Waals surface area (Å²) in [4.78, 5) is 0. The van der Waals surface area contributed by atoms with Gasteiger partial charge in [-0.3, -0.25) is 0 Å². The van der Waals surface area contributed by atoms with Crippen molar-refractivity contribution >= 4 is 12.4 Å². The highest BCUT2D eigenvalue weighted by molar-refractivity contribution is 6.73. The Morgan fingerprint density at radius 2 is 1.56 bits per heavy atom. The molecular formula is C9H8BF6O2-. The van der Waals surface area contributed by atoms with E-state index in [9.17, 15) is 26.1 Å². The second-order valence-electron chi connectivity index (χ2n) is 3.37. The van der Waals surface area contributed by atoms with E-state index in [-0.39, 0.29) is 5.75 Å². The number of halogens is 6. The summed E-state index contributed by atoms with van der Waals surface area (Å²) in [5.74, 6) is 0.000902. The van der Waals surface area contributed by atoms with Gasteiger partial charge in [0.15, 0.2) is 6.79 Å². The van der Waals surface area contributed by atoms with Crippen LogP contribution in [0.1, 0.15) is 0 Å². The SMILES string of the molecule is F[B-](F)(F)c1ccc(OCOCC(F)(F)F)cc1. The van der Waals surface area contributed by atoms with Crippen molar-refractivity contribution < 1.29 is 35.6 Å². The molecule has 0 unspecified atom stereocenters. The molecule has 0 bridgehead atoms. The molecule has 0 spiro atoms. The Bertz CT molecular complexity index is 372. The van der Waals surface area contributed by atoms with Crippen LogP contribution >= 0.6 is 0 Å². The van der Waals surface area contributed by atoms with Gasteiger partial charge in [0, 0.05) is 0 Å². The highest BCUT2D eigenvalue weighted by atomic mass is 19.4. The molecule has 0 aliphatic heterocycles. The minimum atomic E-state index is -5.09. The van der Waals surface area contributed by atoms with Crippen LogP contribution in [-0.4, -0.2) is 26.6 Å². The Balaban J connectivity index is 2.41. The lowest BCUT2D eigenvalue weighted by molar-refractivity contribution is -0.186. The summed E-state index contributed by atoms with van der Waals surface area (Å²) in [6, 6.07) is 3.61. The Morgan fingerprint density at radius 1 is 1.00 bits per heavy atom. The molecule has 0 saturated heterocycles. The van der Waals surface area contributed by atoms with Crippen LogP contribution in [0.25, 0.3) is 0 Å². The molecule has 102 valence electrons. The summed E-state index contributed by atoms with van der Waals surface area (Å²) in [5, 5.41) is 0. The van der Waals surface area contributed by atoms with Gasteiger partial charge in [-0.2, -0.15) is 13.2 Å². The molecule has 0 heterocycles. The van der Waals surface area contributed by atoms with Crippen molar-refractivity contribution in [3.8, 4) is 5.75 Å². The first-order valence-electron chi connectivity index (χ1n) is 4.76. The maximum atomic E-state index is 12.2. The molecule has 2 nitrogen and oxygen atoms in total. The maximum absolute atomic E-state index is 12.2. The van der Waals surface area contributed by atoms with Crippen molar-refractivity contribution in [2.45, 2.75) is 6.18 Å². The van der Waals surface area contributed by atoms with Crippen LogP contribution in [0, 0.1) is 0 Å². The molecule has 0 amide bonds. The molecule has 0 N–H and O–H groups in total. The van der Waals surface area contributed by atoms with Gasteiger partial charge in [-0.1, -0.05) is 12.1 Å². The van der Waals surface area contributed by atoms with Crippen LogP contribution in [0.15, 0.2) is 24.3 Å². The molecule has 0 aromatic heterocycles. The van der Waals surface area contributed by atoms with Gasteiger partial charge >= 0.3 is 13.2 Å². The first-order chi connectivity index (χ1) is 8.18. The molecule has 18 heavy (non-hydrogen) atoms. The van der Waals surface area contributed by atoms with Crippen molar-refractivity contribution in [1.29, 1.82) is 0 Å². The average molecular weight is 273 g/mol. The highest BCUT2D eigenvalue weighted by Crippen LogP contribution is 2.16. The molecule has 0 saturated carbocycles. The fraction of sp³-hybridized carbons (Fsp3) is 0.333. The van der Waals surface area contributed by atoms with Gasteiger partial charge in [-0.05, 0) is 12.1 Å². The quantitative estimate of drug-likeness (QED) is 0.355. The van der Waals surface area contributed by atoms with Gasteiger partial charge in [0.2, 0.25) is 0 Å². The number of hydrogen-bond donors (Lipinski definition) is 0. The van der Waals surface area contributed by atoms with E-state index in [1.165, 1.54) is 0 Å². The molecule has 0 fully saturated rings. The number of rotatable bonds is 5. The zero-order chi connectivity index (χ0) is 13.8. The zero-order valence-corrected chi connectivity index (χ0v) is 8.89. The minimum Gasteiger partial charge on any atom is -0.468 e. The molecule has 0 aliphatic carbocycles. The molecule has 9 heteroatoms. The standard InChI is InChI=1S/C9H8BF6O2/c11-9(12,13)5-17-6-18-8-3-1-7(2-4-8)10(14,15)16/h1-4H,5-6H2/q-1. The lowest BCUT2D eigenvalue weighted by atomic mass is 9.80. The third-order valence-electron chi connectivity index (χ3n) is 1.83. The van der Waals surface area contributed by atoms with Crippen molar-refractivity contribution in [1.82, 2.24) is 0 Å². The van der Waals surface area contributed by atoms with Crippen LogP contribution in [0.3, 0.4) is 0 Å². The number of hydrogen-bond acceptors (Lipinski definition) is 2. The molecule has 0 aliphatic rings. The first-order valence-corrected chi connectivity index (χ1v) is 4.76.